The lowest BCUT2D eigenvalue weighted by atomic mass is 9.99. The van der Waals surface area contributed by atoms with Gasteiger partial charge in [0, 0.05) is 15.4 Å². The molecule has 1 N–H and O–H groups in total. The first-order chi connectivity index (χ1) is 8.45. The molecule has 0 aliphatic rings. The molecule has 0 aliphatic carbocycles. The Labute approximate surface area is 117 Å². The van der Waals surface area contributed by atoms with Gasteiger partial charge in [0.05, 0.1) is 6.04 Å². The number of hydrogen-bond acceptors (Lipinski definition) is 2. The van der Waals surface area contributed by atoms with Gasteiger partial charge in [0.25, 0.3) is 0 Å². The number of nitrogens with one attached hydrogen (secondary N) is 1. The average Bonchev–Trinajstić information content (AvgIpc) is 2.65. The largest absolute Gasteiger partial charge is 0.459 e. The molecule has 2 aromatic rings. The van der Waals surface area contributed by atoms with E-state index in [1.165, 1.54) is 16.5 Å². The van der Waals surface area contributed by atoms with Crippen LogP contribution in [0.25, 0.3) is 11.0 Å². The third-order valence-electron chi connectivity index (χ3n) is 3.52. The number of furan rings is 1. The van der Waals surface area contributed by atoms with E-state index < -0.39 is 0 Å². The van der Waals surface area contributed by atoms with Crippen LogP contribution in [0, 0.1) is 6.92 Å². The zero-order valence-electron chi connectivity index (χ0n) is 11.6. The standard InChI is InChI=1S/C15H20BrNO/c1-8(2)12-6-11(16)7-13-9(3)14(10(4)17-5)18-15(12)13/h6-8,10,17H,1-5H3. The fraction of sp³-hybridized carbons (Fsp3) is 0.467. The zero-order chi connectivity index (χ0) is 13.4. The van der Waals surface area contributed by atoms with E-state index in [9.17, 15) is 0 Å². The van der Waals surface area contributed by atoms with Gasteiger partial charge in [-0.05, 0) is 44.5 Å². The molecular weight excluding hydrogens is 290 g/mol. The lowest BCUT2D eigenvalue weighted by Gasteiger charge is -2.07. The summed E-state index contributed by atoms with van der Waals surface area (Å²) in [5, 5.41) is 4.45. The Morgan fingerprint density at radius 2 is 1.89 bits per heavy atom. The predicted molar refractivity (Wildman–Crippen MR) is 80.2 cm³/mol. The minimum Gasteiger partial charge on any atom is -0.459 e. The summed E-state index contributed by atoms with van der Waals surface area (Å²) in [7, 11) is 1.95. The monoisotopic (exact) mass is 309 g/mol. The maximum atomic E-state index is 6.12. The van der Waals surface area contributed by atoms with E-state index in [1.54, 1.807) is 0 Å². The number of rotatable bonds is 3. The SMILES string of the molecule is CNC(C)c1oc2c(C(C)C)cc(Br)cc2c1C. The number of fused-ring (bicyclic) bond motifs is 1. The molecule has 0 amide bonds. The number of hydrogen-bond donors (Lipinski definition) is 1. The van der Waals surface area contributed by atoms with Crippen LogP contribution in [0.1, 0.15) is 49.6 Å². The highest BCUT2D eigenvalue weighted by atomic mass is 79.9. The Balaban J connectivity index is 2.74. The van der Waals surface area contributed by atoms with Gasteiger partial charge in [-0.25, -0.2) is 0 Å². The van der Waals surface area contributed by atoms with Gasteiger partial charge < -0.3 is 9.73 Å². The van der Waals surface area contributed by atoms with Crippen LogP contribution < -0.4 is 5.32 Å². The van der Waals surface area contributed by atoms with Crippen molar-refractivity contribution in [3.8, 4) is 0 Å². The molecule has 0 fully saturated rings. The third-order valence-corrected chi connectivity index (χ3v) is 3.97. The second kappa shape index (κ2) is 5.06. The topological polar surface area (TPSA) is 25.2 Å². The van der Waals surface area contributed by atoms with E-state index in [0.717, 1.165) is 15.8 Å². The van der Waals surface area contributed by atoms with E-state index in [-0.39, 0.29) is 6.04 Å². The van der Waals surface area contributed by atoms with Crippen LogP contribution in [-0.2, 0) is 0 Å². The van der Waals surface area contributed by atoms with Gasteiger partial charge in [-0.2, -0.15) is 0 Å². The average molecular weight is 310 g/mol. The molecule has 1 unspecified atom stereocenters. The molecule has 0 bridgehead atoms. The van der Waals surface area contributed by atoms with E-state index in [2.05, 4.69) is 61.1 Å². The molecule has 0 spiro atoms. The van der Waals surface area contributed by atoms with E-state index in [4.69, 9.17) is 4.42 Å². The number of benzene rings is 1. The van der Waals surface area contributed by atoms with Crippen molar-refractivity contribution in [2.45, 2.75) is 39.7 Å². The number of aryl methyl sites for hydroxylation is 1. The van der Waals surface area contributed by atoms with Gasteiger partial charge in [0.1, 0.15) is 11.3 Å². The third kappa shape index (κ3) is 2.21. The van der Waals surface area contributed by atoms with Crippen molar-refractivity contribution in [2.24, 2.45) is 0 Å². The fourth-order valence-electron chi connectivity index (χ4n) is 2.30. The second-order valence-electron chi connectivity index (χ2n) is 5.13. The summed E-state index contributed by atoms with van der Waals surface area (Å²) in [4.78, 5) is 0. The maximum absolute atomic E-state index is 6.12. The summed E-state index contributed by atoms with van der Waals surface area (Å²) >= 11 is 3.59. The summed E-state index contributed by atoms with van der Waals surface area (Å²) in [5.74, 6) is 1.49. The highest BCUT2D eigenvalue weighted by Crippen LogP contribution is 2.36. The van der Waals surface area contributed by atoms with E-state index in [1.807, 2.05) is 7.05 Å². The first kappa shape index (κ1) is 13.6. The quantitative estimate of drug-likeness (QED) is 0.871. The molecule has 0 saturated carbocycles. The first-order valence-corrected chi connectivity index (χ1v) is 7.14. The summed E-state index contributed by atoms with van der Waals surface area (Å²) in [6.45, 7) is 8.64. The summed E-state index contributed by atoms with van der Waals surface area (Å²) in [6, 6.07) is 4.53. The minimum absolute atomic E-state index is 0.233. The molecule has 1 aromatic heterocycles. The van der Waals surface area contributed by atoms with Gasteiger partial charge in [-0.1, -0.05) is 29.8 Å². The van der Waals surface area contributed by atoms with Crippen LogP contribution in [0.5, 0.6) is 0 Å². The van der Waals surface area contributed by atoms with E-state index in [0.29, 0.717) is 5.92 Å². The van der Waals surface area contributed by atoms with Crippen LogP contribution in [-0.4, -0.2) is 7.05 Å². The van der Waals surface area contributed by atoms with Crippen molar-refractivity contribution >= 4 is 26.9 Å². The van der Waals surface area contributed by atoms with Crippen LogP contribution in [0.3, 0.4) is 0 Å². The highest BCUT2D eigenvalue weighted by Gasteiger charge is 2.19. The first-order valence-electron chi connectivity index (χ1n) is 6.35. The molecule has 2 nitrogen and oxygen atoms in total. The van der Waals surface area contributed by atoms with Crippen molar-refractivity contribution in [2.75, 3.05) is 7.05 Å². The van der Waals surface area contributed by atoms with Crippen LogP contribution in [0.4, 0.5) is 0 Å². The molecule has 98 valence electrons. The Morgan fingerprint density at radius 1 is 1.22 bits per heavy atom. The predicted octanol–water partition coefficient (Wildman–Crippen LogP) is 4.91. The van der Waals surface area contributed by atoms with Crippen molar-refractivity contribution in [3.63, 3.8) is 0 Å². The molecule has 1 heterocycles. The molecule has 2 rings (SSSR count). The second-order valence-corrected chi connectivity index (χ2v) is 6.04. The van der Waals surface area contributed by atoms with Gasteiger partial charge in [0.2, 0.25) is 0 Å². The molecule has 0 radical (unpaired) electrons. The zero-order valence-corrected chi connectivity index (χ0v) is 13.2. The summed E-state index contributed by atoms with van der Waals surface area (Å²) in [5.41, 5.74) is 3.52. The fourth-order valence-corrected chi connectivity index (χ4v) is 2.78. The smallest absolute Gasteiger partial charge is 0.138 e. The van der Waals surface area contributed by atoms with E-state index >= 15 is 0 Å². The van der Waals surface area contributed by atoms with Gasteiger partial charge in [-0.3, -0.25) is 0 Å². The van der Waals surface area contributed by atoms with Crippen molar-refractivity contribution in [1.82, 2.24) is 5.32 Å². The lowest BCUT2D eigenvalue weighted by Crippen LogP contribution is -2.12. The van der Waals surface area contributed by atoms with Crippen LogP contribution >= 0.6 is 15.9 Å². The van der Waals surface area contributed by atoms with Gasteiger partial charge >= 0.3 is 0 Å². The van der Waals surface area contributed by atoms with Crippen molar-refractivity contribution in [1.29, 1.82) is 0 Å². The summed E-state index contributed by atoms with van der Waals surface area (Å²) in [6.07, 6.45) is 0. The molecular formula is C15H20BrNO. The lowest BCUT2D eigenvalue weighted by molar-refractivity contribution is 0.469. The maximum Gasteiger partial charge on any atom is 0.138 e. The van der Waals surface area contributed by atoms with Crippen LogP contribution in [0.15, 0.2) is 21.0 Å². The molecule has 18 heavy (non-hydrogen) atoms. The Morgan fingerprint density at radius 3 is 2.44 bits per heavy atom. The molecule has 1 atom stereocenters. The summed E-state index contributed by atoms with van der Waals surface area (Å²) < 4.78 is 7.23. The van der Waals surface area contributed by atoms with Gasteiger partial charge in [0.15, 0.2) is 0 Å². The normalized spacial score (nSPS) is 13.5. The molecule has 0 saturated heterocycles. The van der Waals surface area contributed by atoms with Crippen LogP contribution in [0.2, 0.25) is 0 Å². The van der Waals surface area contributed by atoms with Gasteiger partial charge in [-0.15, -0.1) is 0 Å². The minimum atomic E-state index is 0.233. The molecule has 0 aliphatic heterocycles. The Bertz CT molecular complexity index is 571. The molecule has 1 aromatic carbocycles. The van der Waals surface area contributed by atoms with Crippen molar-refractivity contribution < 1.29 is 4.42 Å². The molecule has 3 heteroatoms. The number of halogens is 1. The highest BCUT2D eigenvalue weighted by molar-refractivity contribution is 9.10. The van der Waals surface area contributed by atoms with Crippen molar-refractivity contribution in [3.05, 3.63) is 33.5 Å². The Kier molecular flexibility index (Phi) is 3.83. The Hall–Kier alpha value is -0.800.